The Labute approximate surface area is 178 Å². The summed E-state index contributed by atoms with van der Waals surface area (Å²) in [5.41, 5.74) is 4.28. The molecule has 5 nitrogen and oxygen atoms in total. The molecule has 1 fully saturated rings. The van der Waals surface area contributed by atoms with Crippen LogP contribution in [0.4, 0.5) is 5.69 Å². The van der Waals surface area contributed by atoms with Crippen LogP contribution in [0.3, 0.4) is 0 Å². The van der Waals surface area contributed by atoms with Crippen molar-refractivity contribution >= 4 is 21.6 Å². The van der Waals surface area contributed by atoms with E-state index in [-0.39, 0.29) is 11.8 Å². The number of nitrogens with zero attached hydrogens (tertiary/aromatic N) is 2. The molecule has 1 atom stereocenters. The Morgan fingerprint density at radius 2 is 1.67 bits per heavy atom. The van der Waals surface area contributed by atoms with Crippen LogP contribution in [-0.4, -0.2) is 38.3 Å². The Hall–Kier alpha value is -2.18. The summed E-state index contributed by atoms with van der Waals surface area (Å²) < 4.78 is 27.7. The first-order valence-electron chi connectivity index (χ1n) is 11.1. The number of carbonyl (C=O) groups excluding carboxylic acids is 1. The number of sulfonamides is 1. The highest BCUT2D eigenvalue weighted by atomic mass is 32.2. The summed E-state index contributed by atoms with van der Waals surface area (Å²) >= 11 is 0. The Morgan fingerprint density at radius 1 is 0.867 bits per heavy atom. The number of anilines is 1. The highest BCUT2D eigenvalue weighted by Gasteiger charge is 2.34. The predicted molar refractivity (Wildman–Crippen MR) is 117 cm³/mol. The largest absolute Gasteiger partial charge is 0.311 e. The molecule has 0 bridgehead atoms. The van der Waals surface area contributed by atoms with Crippen LogP contribution in [0, 0.1) is 0 Å². The van der Waals surface area contributed by atoms with Crippen LogP contribution in [0.25, 0.3) is 0 Å². The molecule has 2 heterocycles. The molecule has 0 saturated carbocycles. The van der Waals surface area contributed by atoms with E-state index in [0.29, 0.717) is 31.0 Å². The number of rotatable bonds is 3. The van der Waals surface area contributed by atoms with Crippen LogP contribution >= 0.6 is 0 Å². The molecule has 0 spiro atoms. The van der Waals surface area contributed by atoms with Crippen molar-refractivity contribution < 1.29 is 13.2 Å². The van der Waals surface area contributed by atoms with Crippen LogP contribution in [0.1, 0.15) is 54.7 Å². The lowest BCUT2D eigenvalue weighted by Gasteiger charge is -2.29. The number of hydrogen-bond acceptors (Lipinski definition) is 3. The maximum Gasteiger partial charge on any atom is 0.243 e. The van der Waals surface area contributed by atoms with Crippen LogP contribution in [0.5, 0.6) is 0 Å². The normalized spacial score (nSPS) is 21.9. The van der Waals surface area contributed by atoms with Gasteiger partial charge in [-0.05, 0) is 73.4 Å². The smallest absolute Gasteiger partial charge is 0.243 e. The van der Waals surface area contributed by atoms with Crippen LogP contribution in [-0.2, 0) is 27.7 Å². The molecule has 0 radical (unpaired) electrons. The first-order chi connectivity index (χ1) is 14.6. The fourth-order valence-electron chi connectivity index (χ4n) is 5.22. The molecule has 1 amide bonds. The molecule has 2 aliphatic heterocycles. The van der Waals surface area contributed by atoms with E-state index in [9.17, 15) is 13.2 Å². The van der Waals surface area contributed by atoms with Crippen molar-refractivity contribution in [1.29, 1.82) is 0 Å². The van der Waals surface area contributed by atoms with Crippen molar-refractivity contribution in [2.45, 2.75) is 55.8 Å². The van der Waals surface area contributed by atoms with Gasteiger partial charge in [0.2, 0.25) is 15.9 Å². The molecule has 30 heavy (non-hydrogen) atoms. The molecule has 2 aromatic rings. The van der Waals surface area contributed by atoms with E-state index < -0.39 is 10.0 Å². The first kappa shape index (κ1) is 19.8. The molecule has 1 aliphatic carbocycles. The molecule has 2 aromatic carbocycles. The van der Waals surface area contributed by atoms with Gasteiger partial charge in [-0.3, -0.25) is 4.79 Å². The van der Waals surface area contributed by atoms with Crippen molar-refractivity contribution in [2.24, 2.45) is 0 Å². The van der Waals surface area contributed by atoms with Crippen LogP contribution < -0.4 is 4.90 Å². The minimum absolute atomic E-state index is 0.0994. The van der Waals surface area contributed by atoms with E-state index in [0.717, 1.165) is 55.3 Å². The number of aryl methyl sites for hydroxylation is 1. The summed E-state index contributed by atoms with van der Waals surface area (Å²) in [4.78, 5) is 15.7. The van der Waals surface area contributed by atoms with E-state index in [1.165, 1.54) is 5.56 Å². The third kappa shape index (κ3) is 3.36. The second-order valence-electron chi connectivity index (χ2n) is 8.64. The van der Waals surface area contributed by atoms with Crippen molar-refractivity contribution in [3.8, 4) is 0 Å². The van der Waals surface area contributed by atoms with Crippen LogP contribution in [0.15, 0.2) is 47.4 Å². The van der Waals surface area contributed by atoms with E-state index in [1.54, 1.807) is 16.4 Å². The molecule has 1 saturated heterocycles. The zero-order valence-corrected chi connectivity index (χ0v) is 18.0. The molecule has 158 valence electrons. The van der Waals surface area contributed by atoms with E-state index in [4.69, 9.17) is 0 Å². The fraction of sp³-hybridized carbons (Fsp3) is 0.458. The van der Waals surface area contributed by atoms with Gasteiger partial charge in [0.1, 0.15) is 0 Å². The Kier molecular flexibility index (Phi) is 5.15. The third-order valence-corrected chi connectivity index (χ3v) is 8.73. The van der Waals surface area contributed by atoms with Crippen molar-refractivity contribution in [1.82, 2.24) is 4.31 Å². The van der Waals surface area contributed by atoms with Crippen molar-refractivity contribution in [2.75, 3.05) is 24.5 Å². The van der Waals surface area contributed by atoms with Crippen molar-refractivity contribution in [3.05, 3.63) is 59.2 Å². The number of benzene rings is 2. The molecular formula is C24H28N2O3S. The number of hydrogen-bond donors (Lipinski definition) is 0. The molecule has 0 N–H and O–H groups in total. The summed E-state index contributed by atoms with van der Waals surface area (Å²) in [5.74, 6) is 0.0465. The van der Waals surface area contributed by atoms with Gasteiger partial charge < -0.3 is 4.90 Å². The van der Waals surface area contributed by atoms with Crippen molar-refractivity contribution in [3.63, 3.8) is 0 Å². The van der Waals surface area contributed by atoms with Gasteiger partial charge in [-0.2, -0.15) is 4.31 Å². The minimum atomic E-state index is -3.45. The molecule has 6 heteroatoms. The Morgan fingerprint density at radius 3 is 2.50 bits per heavy atom. The Bertz CT molecular complexity index is 1070. The standard InChI is InChI=1S/C24H28N2O3S/c27-24(22-10-6-8-18-7-2-3-9-21(18)22)26-16-13-19-17-20(11-12-23(19)26)30(28,29)25-14-4-1-5-15-25/h2-3,7,9,11-12,17,22H,1,4-6,8,10,13-16H2. The summed E-state index contributed by atoms with van der Waals surface area (Å²) in [6, 6.07) is 13.6. The highest BCUT2D eigenvalue weighted by molar-refractivity contribution is 7.89. The minimum Gasteiger partial charge on any atom is -0.311 e. The maximum atomic E-state index is 13.5. The number of fused-ring (bicyclic) bond motifs is 2. The summed E-state index contributed by atoms with van der Waals surface area (Å²) in [7, 11) is -3.45. The molecule has 5 rings (SSSR count). The van der Waals surface area contributed by atoms with Gasteiger partial charge in [0.25, 0.3) is 0 Å². The number of piperidine rings is 1. The lowest BCUT2D eigenvalue weighted by molar-refractivity contribution is -0.120. The molecule has 0 aromatic heterocycles. The predicted octanol–water partition coefficient (Wildman–Crippen LogP) is 3.87. The highest BCUT2D eigenvalue weighted by Crippen LogP contribution is 2.38. The second kappa shape index (κ2) is 7.82. The zero-order valence-electron chi connectivity index (χ0n) is 17.2. The Balaban J connectivity index is 1.41. The summed E-state index contributed by atoms with van der Waals surface area (Å²) in [5, 5.41) is 0. The summed E-state index contributed by atoms with van der Waals surface area (Å²) in [6.07, 6.45) is 6.60. The lowest BCUT2D eigenvalue weighted by atomic mass is 9.82. The van der Waals surface area contributed by atoms with Gasteiger partial charge in [0, 0.05) is 25.3 Å². The number of amides is 1. The van der Waals surface area contributed by atoms with Gasteiger partial charge >= 0.3 is 0 Å². The van der Waals surface area contributed by atoms with Crippen LogP contribution in [0.2, 0.25) is 0 Å². The zero-order chi connectivity index (χ0) is 20.7. The summed E-state index contributed by atoms with van der Waals surface area (Å²) in [6.45, 7) is 1.83. The molecule has 3 aliphatic rings. The monoisotopic (exact) mass is 424 g/mol. The molecular weight excluding hydrogens is 396 g/mol. The SMILES string of the molecule is O=C(C1CCCc2ccccc21)N1CCc2cc(S(=O)(=O)N3CCCCC3)ccc21. The maximum absolute atomic E-state index is 13.5. The first-order valence-corrected chi connectivity index (χ1v) is 12.5. The third-order valence-electron chi connectivity index (χ3n) is 6.83. The number of carbonyl (C=O) groups is 1. The van der Waals surface area contributed by atoms with E-state index in [2.05, 4.69) is 12.1 Å². The van der Waals surface area contributed by atoms with Gasteiger partial charge in [0.05, 0.1) is 10.8 Å². The quantitative estimate of drug-likeness (QED) is 0.752. The van der Waals surface area contributed by atoms with E-state index in [1.807, 2.05) is 23.1 Å². The molecule has 1 unspecified atom stereocenters. The van der Waals surface area contributed by atoms with Gasteiger partial charge in [-0.15, -0.1) is 0 Å². The van der Waals surface area contributed by atoms with Gasteiger partial charge in [0.15, 0.2) is 0 Å². The average molecular weight is 425 g/mol. The van der Waals surface area contributed by atoms with E-state index >= 15 is 0 Å². The fourth-order valence-corrected chi connectivity index (χ4v) is 6.79. The van der Waals surface area contributed by atoms with Gasteiger partial charge in [-0.1, -0.05) is 30.7 Å². The lowest BCUT2D eigenvalue weighted by Crippen LogP contribution is -2.36. The topological polar surface area (TPSA) is 57.7 Å². The average Bonchev–Trinajstić information content (AvgIpc) is 3.22. The second-order valence-corrected chi connectivity index (χ2v) is 10.6. The van der Waals surface area contributed by atoms with Gasteiger partial charge in [-0.25, -0.2) is 8.42 Å².